The van der Waals surface area contributed by atoms with Gasteiger partial charge < -0.3 is 30.2 Å². The van der Waals surface area contributed by atoms with Gasteiger partial charge in [0.1, 0.15) is 11.6 Å². The number of benzene rings is 1. The third-order valence-corrected chi connectivity index (χ3v) is 5.88. The highest BCUT2D eigenvalue weighted by Gasteiger charge is 2.30. The number of aromatic hydroxyl groups is 1. The van der Waals surface area contributed by atoms with Crippen molar-refractivity contribution in [3.63, 3.8) is 0 Å². The molecule has 0 aliphatic carbocycles. The SMILES string of the molecule is CC(C)(COC1CCN(C2=CC=C(c3nnc(-c4ccc(O)cc4)[nH]3)CN2)CC1)C(=O)O. The summed E-state index contributed by atoms with van der Waals surface area (Å²) in [5.41, 5.74) is 1.01. The Morgan fingerprint density at radius 3 is 2.47 bits per heavy atom. The summed E-state index contributed by atoms with van der Waals surface area (Å²) >= 11 is 0. The molecule has 1 fully saturated rings. The zero-order chi connectivity index (χ0) is 22.7. The first-order valence-corrected chi connectivity index (χ1v) is 10.8. The number of aromatic amines is 1. The molecular formula is C23H29N5O4. The number of aromatic nitrogens is 3. The van der Waals surface area contributed by atoms with Crippen LogP contribution >= 0.6 is 0 Å². The molecule has 4 rings (SSSR count). The quantitative estimate of drug-likeness (QED) is 0.519. The second-order valence-electron chi connectivity index (χ2n) is 8.85. The molecule has 0 atom stereocenters. The average molecular weight is 440 g/mol. The van der Waals surface area contributed by atoms with Crippen LogP contribution < -0.4 is 5.32 Å². The Kier molecular flexibility index (Phi) is 6.18. The molecule has 0 spiro atoms. The standard InChI is InChI=1S/C23H29N5O4/c1-23(2,22(30)31)14-32-18-9-11-28(12-10-18)19-8-5-16(13-24-19)21-25-20(26-27-21)15-3-6-17(29)7-4-15/h3-8,18,24,29H,9-14H2,1-2H3,(H,30,31)(H,25,26,27). The molecule has 0 bridgehead atoms. The van der Waals surface area contributed by atoms with Gasteiger partial charge in [-0.05, 0) is 63.1 Å². The van der Waals surface area contributed by atoms with Crippen molar-refractivity contribution in [3.05, 3.63) is 48.1 Å². The number of nitrogens with one attached hydrogen (secondary N) is 2. The number of carboxylic acids is 1. The van der Waals surface area contributed by atoms with Crippen LogP contribution in [0.5, 0.6) is 5.75 Å². The number of dihydropyridines is 1. The maximum atomic E-state index is 11.2. The van der Waals surface area contributed by atoms with Gasteiger partial charge in [0.25, 0.3) is 0 Å². The molecule has 0 radical (unpaired) electrons. The molecule has 2 aromatic rings. The van der Waals surface area contributed by atoms with Crippen LogP contribution in [0.25, 0.3) is 17.0 Å². The van der Waals surface area contributed by atoms with E-state index in [1.165, 1.54) is 0 Å². The Hall–Kier alpha value is -3.33. The summed E-state index contributed by atoms with van der Waals surface area (Å²) in [6, 6.07) is 6.83. The topological polar surface area (TPSA) is 124 Å². The van der Waals surface area contributed by atoms with Crippen LogP contribution in [0.15, 0.2) is 42.2 Å². The van der Waals surface area contributed by atoms with Gasteiger partial charge >= 0.3 is 5.97 Å². The molecule has 170 valence electrons. The highest BCUT2D eigenvalue weighted by molar-refractivity contribution is 5.73. The molecule has 4 N–H and O–H groups in total. The van der Waals surface area contributed by atoms with Crippen LogP contribution in [-0.2, 0) is 9.53 Å². The summed E-state index contributed by atoms with van der Waals surface area (Å²) in [6.45, 7) is 5.95. The fourth-order valence-corrected chi connectivity index (χ4v) is 3.67. The molecule has 3 heterocycles. The van der Waals surface area contributed by atoms with Gasteiger partial charge in [0.15, 0.2) is 11.6 Å². The number of carbonyl (C=O) groups is 1. The minimum absolute atomic E-state index is 0.0904. The van der Waals surface area contributed by atoms with Gasteiger partial charge in [0.2, 0.25) is 0 Å². The minimum Gasteiger partial charge on any atom is -0.508 e. The third kappa shape index (κ3) is 4.94. The van der Waals surface area contributed by atoms with Crippen LogP contribution in [0.4, 0.5) is 0 Å². The number of likely N-dealkylation sites (tertiary alicyclic amines) is 1. The lowest BCUT2D eigenvalue weighted by molar-refractivity contribution is -0.152. The number of ether oxygens (including phenoxy) is 1. The maximum absolute atomic E-state index is 11.2. The lowest BCUT2D eigenvalue weighted by Gasteiger charge is -2.36. The van der Waals surface area contributed by atoms with Gasteiger partial charge in [-0.1, -0.05) is 0 Å². The molecule has 1 aromatic heterocycles. The summed E-state index contributed by atoms with van der Waals surface area (Å²) in [5.74, 6) is 1.81. The van der Waals surface area contributed by atoms with Crippen LogP contribution in [-0.4, -0.2) is 68.6 Å². The molecule has 2 aliphatic rings. The number of hydrogen-bond donors (Lipinski definition) is 4. The van der Waals surface area contributed by atoms with Gasteiger partial charge in [-0.15, -0.1) is 10.2 Å². The molecule has 0 saturated carbocycles. The Labute approximate surface area is 186 Å². The summed E-state index contributed by atoms with van der Waals surface area (Å²) in [7, 11) is 0. The summed E-state index contributed by atoms with van der Waals surface area (Å²) in [4.78, 5) is 16.8. The molecule has 9 nitrogen and oxygen atoms in total. The average Bonchev–Trinajstić information content (AvgIpc) is 3.29. The number of aliphatic carboxylic acids is 1. The minimum atomic E-state index is -0.866. The zero-order valence-corrected chi connectivity index (χ0v) is 18.3. The first-order chi connectivity index (χ1) is 15.3. The molecule has 2 aliphatic heterocycles. The van der Waals surface area contributed by atoms with Gasteiger partial charge in [-0.25, -0.2) is 0 Å². The number of phenols is 1. The Balaban J connectivity index is 1.32. The van der Waals surface area contributed by atoms with E-state index in [2.05, 4.69) is 31.5 Å². The molecule has 0 amide bonds. The summed E-state index contributed by atoms with van der Waals surface area (Å²) in [6.07, 6.45) is 5.92. The van der Waals surface area contributed by atoms with Crippen molar-refractivity contribution in [1.82, 2.24) is 25.4 Å². The van der Waals surface area contributed by atoms with E-state index >= 15 is 0 Å². The highest BCUT2D eigenvalue weighted by atomic mass is 16.5. The van der Waals surface area contributed by atoms with Gasteiger partial charge in [0.05, 0.1) is 18.1 Å². The monoisotopic (exact) mass is 439 g/mol. The van der Waals surface area contributed by atoms with E-state index in [4.69, 9.17) is 4.74 Å². The normalized spacial score (nSPS) is 17.5. The molecule has 9 heteroatoms. The smallest absolute Gasteiger partial charge is 0.311 e. The number of phenolic OH excluding ortho intramolecular Hbond substituents is 1. The Morgan fingerprint density at radius 2 is 1.84 bits per heavy atom. The van der Waals surface area contributed by atoms with E-state index in [-0.39, 0.29) is 18.5 Å². The van der Waals surface area contributed by atoms with Crippen LogP contribution in [0.3, 0.4) is 0 Å². The van der Waals surface area contributed by atoms with E-state index in [0.29, 0.717) is 18.2 Å². The van der Waals surface area contributed by atoms with E-state index in [9.17, 15) is 15.0 Å². The summed E-state index contributed by atoms with van der Waals surface area (Å²) in [5, 5.41) is 30.6. The number of rotatable bonds is 7. The first kappa shape index (κ1) is 21.9. The number of allylic oxidation sites excluding steroid dienone is 2. The van der Waals surface area contributed by atoms with Crippen molar-refractivity contribution in [2.45, 2.75) is 32.8 Å². The molecule has 1 aromatic carbocycles. The van der Waals surface area contributed by atoms with Crippen molar-refractivity contribution in [2.24, 2.45) is 5.41 Å². The second-order valence-corrected chi connectivity index (χ2v) is 8.85. The number of hydrogen-bond acceptors (Lipinski definition) is 7. The van der Waals surface area contributed by atoms with Crippen molar-refractivity contribution in [2.75, 3.05) is 26.2 Å². The van der Waals surface area contributed by atoms with E-state index in [1.54, 1.807) is 38.1 Å². The zero-order valence-electron chi connectivity index (χ0n) is 18.3. The number of piperidine rings is 1. The fourth-order valence-electron chi connectivity index (χ4n) is 3.67. The molecule has 0 unspecified atom stereocenters. The lowest BCUT2D eigenvalue weighted by atomic mass is 9.95. The number of carboxylic acid groups (broad SMARTS) is 1. The Bertz CT molecular complexity index is 1020. The second kappa shape index (κ2) is 9.04. The maximum Gasteiger partial charge on any atom is 0.311 e. The first-order valence-electron chi connectivity index (χ1n) is 10.8. The summed E-state index contributed by atoms with van der Waals surface area (Å²) < 4.78 is 5.87. The lowest BCUT2D eigenvalue weighted by Crippen LogP contribution is -2.42. The predicted molar refractivity (Wildman–Crippen MR) is 120 cm³/mol. The van der Waals surface area contributed by atoms with Crippen molar-refractivity contribution >= 4 is 11.5 Å². The molecule has 1 saturated heterocycles. The number of nitrogens with zero attached hydrogens (tertiary/aromatic N) is 3. The van der Waals surface area contributed by atoms with Crippen LogP contribution in [0.2, 0.25) is 0 Å². The van der Waals surface area contributed by atoms with Gasteiger partial charge in [-0.3, -0.25) is 4.79 Å². The van der Waals surface area contributed by atoms with Crippen LogP contribution in [0.1, 0.15) is 32.5 Å². The van der Waals surface area contributed by atoms with E-state index < -0.39 is 11.4 Å². The Morgan fingerprint density at radius 1 is 1.16 bits per heavy atom. The van der Waals surface area contributed by atoms with E-state index in [1.807, 2.05) is 6.08 Å². The highest BCUT2D eigenvalue weighted by Crippen LogP contribution is 2.24. The fraction of sp³-hybridized carbons (Fsp3) is 0.435. The number of H-pyrrole nitrogens is 1. The van der Waals surface area contributed by atoms with Gasteiger partial charge in [0, 0.05) is 30.8 Å². The molecule has 32 heavy (non-hydrogen) atoms. The van der Waals surface area contributed by atoms with Crippen molar-refractivity contribution in [1.29, 1.82) is 0 Å². The van der Waals surface area contributed by atoms with Crippen molar-refractivity contribution in [3.8, 4) is 17.1 Å². The van der Waals surface area contributed by atoms with Crippen LogP contribution in [0, 0.1) is 5.41 Å². The largest absolute Gasteiger partial charge is 0.508 e. The van der Waals surface area contributed by atoms with Crippen molar-refractivity contribution < 1.29 is 19.7 Å². The van der Waals surface area contributed by atoms with E-state index in [0.717, 1.165) is 42.9 Å². The third-order valence-electron chi connectivity index (χ3n) is 5.88. The predicted octanol–water partition coefficient (Wildman–Crippen LogP) is 2.60. The molecular weight excluding hydrogens is 410 g/mol. The van der Waals surface area contributed by atoms with Gasteiger partial charge in [-0.2, -0.15) is 0 Å².